The molecule has 2 rings (SSSR count). The van der Waals surface area contributed by atoms with Crippen LogP contribution in [0.25, 0.3) is 0 Å². The lowest BCUT2D eigenvalue weighted by Crippen LogP contribution is -2.22. The van der Waals surface area contributed by atoms with Gasteiger partial charge in [0.2, 0.25) is 0 Å². The molecule has 118 valence electrons. The lowest BCUT2D eigenvalue weighted by Gasteiger charge is -2.09. The van der Waals surface area contributed by atoms with E-state index in [9.17, 15) is 0 Å². The average molecular weight is 410 g/mol. The predicted molar refractivity (Wildman–Crippen MR) is 105 cm³/mol. The van der Waals surface area contributed by atoms with Gasteiger partial charge in [-0.25, -0.2) is 4.99 Å². The Morgan fingerprint density at radius 2 is 1.59 bits per heavy atom. The normalized spacial score (nSPS) is 11.1. The molecule has 4 nitrogen and oxygen atoms in total. The number of halogens is 1. The molecule has 0 fully saturated rings. The Balaban J connectivity index is 0.00000242. The van der Waals surface area contributed by atoms with E-state index < -0.39 is 0 Å². The molecule has 5 heteroatoms. The SMILES string of the molecule is CN(C)Cc1ccc(CN=C(N)Nc2ccccc2)cc1.I. The molecule has 0 saturated carbocycles. The minimum Gasteiger partial charge on any atom is -0.370 e. The van der Waals surface area contributed by atoms with Crippen molar-refractivity contribution >= 4 is 35.6 Å². The Bertz CT molecular complexity index is 579. The number of nitrogens with zero attached hydrogens (tertiary/aromatic N) is 2. The first-order valence-corrected chi connectivity index (χ1v) is 6.98. The second-order valence-corrected chi connectivity index (χ2v) is 5.25. The lowest BCUT2D eigenvalue weighted by atomic mass is 10.1. The Morgan fingerprint density at radius 1 is 1.00 bits per heavy atom. The van der Waals surface area contributed by atoms with E-state index in [2.05, 4.69) is 53.6 Å². The minimum absolute atomic E-state index is 0. The molecule has 0 spiro atoms. The lowest BCUT2D eigenvalue weighted by molar-refractivity contribution is 0.402. The Morgan fingerprint density at radius 3 is 2.18 bits per heavy atom. The number of aliphatic imine (C=N–C) groups is 1. The average Bonchev–Trinajstić information content (AvgIpc) is 2.47. The van der Waals surface area contributed by atoms with Crippen LogP contribution in [-0.4, -0.2) is 25.0 Å². The van der Waals surface area contributed by atoms with Crippen LogP contribution in [0.1, 0.15) is 11.1 Å². The van der Waals surface area contributed by atoms with Crippen molar-refractivity contribution in [3.8, 4) is 0 Å². The van der Waals surface area contributed by atoms with E-state index in [1.807, 2.05) is 30.3 Å². The largest absolute Gasteiger partial charge is 0.370 e. The summed E-state index contributed by atoms with van der Waals surface area (Å²) < 4.78 is 0. The third kappa shape index (κ3) is 6.44. The molecular weight excluding hydrogens is 387 g/mol. The number of anilines is 1. The summed E-state index contributed by atoms with van der Waals surface area (Å²) in [5, 5.41) is 3.07. The van der Waals surface area contributed by atoms with E-state index in [1.165, 1.54) is 5.56 Å². The smallest absolute Gasteiger partial charge is 0.193 e. The van der Waals surface area contributed by atoms with Gasteiger partial charge in [-0.05, 0) is 37.4 Å². The third-order valence-electron chi connectivity index (χ3n) is 3.00. The zero-order valence-electron chi connectivity index (χ0n) is 13.0. The van der Waals surface area contributed by atoms with Gasteiger partial charge in [0.15, 0.2) is 5.96 Å². The van der Waals surface area contributed by atoms with E-state index in [-0.39, 0.29) is 24.0 Å². The van der Waals surface area contributed by atoms with Gasteiger partial charge in [-0.15, -0.1) is 24.0 Å². The van der Waals surface area contributed by atoms with Crippen LogP contribution in [0.5, 0.6) is 0 Å². The summed E-state index contributed by atoms with van der Waals surface area (Å²) >= 11 is 0. The molecular formula is C17H23IN4. The fourth-order valence-electron chi connectivity index (χ4n) is 2.00. The van der Waals surface area contributed by atoms with E-state index >= 15 is 0 Å². The van der Waals surface area contributed by atoms with Gasteiger partial charge in [0.25, 0.3) is 0 Å². The molecule has 0 saturated heterocycles. The van der Waals surface area contributed by atoms with Crippen LogP contribution in [0.2, 0.25) is 0 Å². The summed E-state index contributed by atoms with van der Waals surface area (Å²) in [5.74, 6) is 0.429. The summed E-state index contributed by atoms with van der Waals surface area (Å²) in [6.45, 7) is 1.52. The summed E-state index contributed by atoms with van der Waals surface area (Å²) in [6, 6.07) is 18.2. The van der Waals surface area contributed by atoms with Crippen LogP contribution in [0.15, 0.2) is 59.6 Å². The number of hydrogen-bond acceptors (Lipinski definition) is 2. The van der Waals surface area contributed by atoms with Crippen molar-refractivity contribution in [3.05, 3.63) is 65.7 Å². The number of guanidine groups is 1. The van der Waals surface area contributed by atoms with Gasteiger partial charge in [-0.2, -0.15) is 0 Å². The molecule has 22 heavy (non-hydrogen) atoms. The van der Waals surface area contributed by atoms with Gasteiger partial charge in [0, 0.05) is 12.2 Å². The van der Waals surface area contributed by atoms with Crippen molar-refractivity contribution in [3.63, 3.8) is 0 Å². The molecule has 0 unspecified atom stereocenters. The summed E-state index contributed by atoms with van der Waals surface area (Å²) in [6.07, 6.45) is 0. The molecule has 0 radical (unpaired) electrons. The molecule has 0 aliphatic rings. The summed E-state index contributed by atoms with van der Waals surface area (Å²) in [7, 11) is 4.13. The summed E-state index contributed by atoms with van der Waals surface area (Å²) in [4.78, 5) is 6.50. The maximum atomic E-state index is 5.88. The molecule has 0 heterocycles. The first-order valence-electron chi connectivity index (χ1n) is 6.98. The van der Waals surface area contributed by atoms with Crippen LogP contribution in [0, 0.1) is 0 Å². The van der Waals surface area contributed by atoms with Gasteiger partial charge in [-0.3, -0.25) is 0 Å². The second kappa shape index (κ2) is 9.42. The molecule has 0 amide bonds. The number of benzene rings is 2. The number of para-hydroxylation sites is 1. The van der Waals surface area contributed by atoms with Gasteiger partial charge in [0.1, 0.15) is 0 Å². The molecule has 2 aromatic rings. The third-order valence-corrected chi connectivity index (χ3v) is 3.00. The molecule has 0 aliphatic carbocycles. The number of nitrogens with two attached hydrogens (primary N) is 1. The Kier molecular flexibility index (Phi) is 7.90. The van der Waals surface area contributed by atoms with E-state index in [0.29, 0.717) is 12.5 Å². The van der Waals surface area contributed by atoms with Crippen molar-refractivity contribution in [2.24, 2.45) is 10.7 Å². The highest BCUT2D eigenvalue weighted by molar-refractivity contribution is 14.0. The zero-order chi connectivity index (χ0) is 15.1. The first-order chi connectivity index (χ1) is 10.1. The second-order valence-electron chi connectivity index (χ2n) is 5.25. The van der Waals surface area contributed by atoms with Crippen LogP contribution >= 0.6 is 24.0 Å². The number of nitrogens with one attached hydrogen (secondary N) is 1. The monoisotopic (exact) mass is 410 g/mol. The number of hydrogen-bond donors (Lipinski definition) is 2. The molecule has 2 aromatic carbocycles. The topological polar surface area (TPSA) is 53.6 Å². The van der Waals surface area contributed by atoms with Crippen molar-refractivity contribution < 1.29 is 0 Å². The minimum atomic E-state index is 0. The standard InChI is InChI=1S/C17H22N4.HI/c1-21(2)13-15-10-8-14(9-11-15)12-19-17(18)20-16-6-4-3-5-7-16;/h3-11H,12-13H2,1-2H3,(H3,18,19,20);1H. The summed E-state index contributed by atoms with van der Waals surface area (Å²) in [5.41, 5.74) is 9.27. The zero-order valence-corrected chi connectivity index (χ0v) is 15.3. The van der Waals surface area contributed by atoms with E-state index in [1.54, 1.807) is 0 Å². The molecule has 0 bridgehead atoms. The fourth-order valence-corrected chi connectivity index (χ4v) is 2.00. The van der Waals surface area contributed by atoms with Crippen LogP contribution in [-0.2, 0) is 13.1 Å². The molecule has 0 aromatic heterocycles. The van der Waals surface area contributed by atoms with Crippen molar-refractivity contribution in [2.45, 2.75) is 13.1 Å². The highest BCUT2D eigenvalue weighted by Gasteiger charge is 1.97. The molecule has 3 N–H and O–H groups in total. The van der Waals surface area contributed by atoms with Gasteiger partial charge in [-0.1, -0.05) is 42.5 Å². The first kappa shape index (κ1) is 18.4. The maximum absolute atomic E-state index is 5.88. The Hall–Kier alpha value is -1.60. The highest BCUT2D eigenvalue weighted by Crippen LogP contribution is 2.08. The Labute approximate surface area is 149 Å². The van der Waals surface area contributed by atoms with E-state index in [0.717, 1.165) is 17.8 Å². The van der Waals surface area contributed by atoms with Crippen LogP contribution in [0.4, 0.5) is 5.69 Å². The van der Waals surface area contributed by atoms with Crippen LogP contribution in [0.3, 0.4) is 0 Å². The molecule has 0 aliphatic heterocycles. The van der Waals surface area contributed by atoms with Crippen LogP contribution < -0.4 is 11.1 Å². The number of rotatable bonds is 5. The highest BCUT2D eigenvalue weighted by atomic mass is 127. The van der Waals surface area contributed by atoms with Gasteiger partial charge in [0.05, 0.1) is 6.54 Å². The van der Waals surface area contributed by atoms with Gasteiger partial charge >= 0.3 is 0 Å². The fraction of sp³-hybridized carbons (Fsp3) is 0.235. The van der Waals surface area contributed by atoms with Crippen molar-refractivity contribution in [2.75, 3.05) is 19.4 Å². The maximum Gasteiger partial charge on any atom is 0.193 e. The quantitative estimate of drug-likeness (QED) is 0.452. The van der Waals surface area contributed by atoms with E-state index in [4.69, 9.17) is 5.73 Å². The molecule has 0 atom stereocenters. The predicted octanol–water partition coefficient (Wildman–Crippen LogP) is 3.29. The van der Waals surface area contributed by atoms with Crippen molar-refractivity contribution in [1.29, 1.82) is 0 Å². The van der Waals surface area contributed by atoms with Gasteiger partial charge < -0.3 is 16.0 Å². The van der Waals surface area contributed by atoms with Crippen molar-refractivity contribution in [1.82, 2.24) is 4.90 Å².